The zero-order chi connectivity index (χ0) is 14.4. The maximum Gasteiger partial charge on any atom is 0.261 e. The van der Waals surface area contributed by atoms with Crippen molar-refractivity contribution in [1.82, 2.24) is 5.32 Å². The number of carbonyl (C=O) groups is 1. The van der Waals surface area contributed by atoms with E-state index >= 15 is 0 Å². The van der Waals surface area contributed by atoms with Crippen molar-refractivity contribution in [3.8, 4) is 0 Å². The highest BCUT2D eigenvalue weighted by molar-refractivity contribution is 5.96. The fraction of sp³-hybridized carbons (Fsp3) is 0.462. The van der Waals surface area contributed by atoms with Gasteiger partial charge in [-0.3, -0.25) is 4.79 Å². The smallest absolute Gasteiger partial charge is 0.261 e. The number of hydrogen-bond donors (Lipinski definition) is 3. The summed E-state index contributed by atoms with van der Waals surface area (Å²) in [6.07, 6.45) is -2.48. The second-order valence-electron chi connectivity index (χ2n) is 4.34. The average Bonchev–Trinajstić information content (AvgIpc) is 2.46. The van der Waals surface area contributed by atoms with Crippen molar-refractivity contribution in [2.45, 2.75) is 6.43 Å². The summed E-state index contributed by atoms with van der Waals surface area (Å²) in [7, 11) is 0. The van der Waals surface area contributed by atoms with Gasteiger partial charge in [0.25, 0.3) is 12.3 Å². The highest BCUT2D eigenvalue weighted by atomic mass is 19.3. The molecule has 0 fully saturated rings. The Bertz CT molecular complexity index is 469. The van der Waals surface area contributed by atoms with E-state index < -0.39 is 13.0 Å². The van der Waals surface area contributed by atoms with E-state index in [0.29, 0.717) is 5.56 Å². The molecule has 0 atom stereocenters. The van der Waals surface area contributed by atoms with Crippen molar-refractivity contribution < 1.29 is 18.3 Å². The summed E-state index contributed by atoms with van der Waals surface area (Å²) >= 11 is 0. The molecule has 1 heterocycles. The number of carbonyl (C=O) groups excluding carboxylic acids is 1. The summed E-state index contributed by atoms with van der Waals surface area (Å²) in [5, 5.41) is 9.03. The van der Waals surface area contributed by atoms with Crippen molar-refractivity contribution in [2.75, 3.05) is 43.5 Å². The van der Waals surface area contributed by atoms with E-state index in [9.17, 15) is 13.6 Å². The largest absolute Gasteiger partial charge is 0.382 e. The van der Waals surface area contributed by atoms with Crippen LogP contribution in [-0.4, -0.2) is 45.2 Å². The van der Waals surface area contributed by atoms with E-state index in [0.717, 1.165) is 24.5 Å². The predicted molar refractivity (Wildman–Crippen MR) is 72.6 cm³/mol. The minimum absolute atomic E-state index is 0.0703. The number of hydrogen-bond acceptors (Lipinski definition) is 4. The molecule has 2 rings (SSSR count). The summed E-state index contributed by atoms with van der Waals surface area (Å²) in [6, 6.07) is 5.31. The maximum absolute atomic E-state index is 11.9. The lowest BCUT2D eigenvalue weighted by molar-refractivity contribution is 0.0188. The van der Waals surface area contributed by atoms with Crippen molar-refractivity contribution >= 4 is 17.3 Å². The Morgan fingerprint density at radius 3 is 2.80 bits per heavy atom. The summed E-state index contributed by atoms with van der Waals surface area (Å²) in [6.45, 7) is 1.32. The van der Waals surface area contributed by atoms with E-state index in [1.54, 1.807) is 12.1 Å². The standard InChI is InChI=1S/C13H17F2N3O2/c14-12(15)8-20-6-5-18-13(19)9-1-2-10-11(7-9)17-4-3-16-10/h1-2,7,12,16-17H,3-6,8H2,(H,18,19). The highest BCUT2D eigenvalue weighted by Gasteiger charge is 2.11. The van der Waals surface area contributed by atoms with Gasteiger partial charge in [-0.2, -0.15) is 0 Å². The van der Waals surface area contributed by atoms with Crippen LogP contribution in [-0.2, 0) is 4.74 Å². The molecule has 3 N–H and O–H groups in total. The molecule has 0 radical (unpaired) electrons. The lowest BCUT2D eigenvalue weighted by Gasteiger charge is -2.20. The van der Waals surface area contributed by atoms with Gasteiger partial charge in [-0.1, -0.05) is 0 Å². The van der Waals surface area contributed by atoms with E-state index in [4.69, 9.17) is 0 Å². The van der Waals surface area contributed by atoms with Gasteiger partial charge in [0.15, 0.2) is 0 Å². The zero-order valence-corrected chi connectivity index (χ0v) is 10.9. The number of fused-ring (bicyclic) bond motifs is 1. The Hall–Kier alpha value is -1.89. The number of ether oxygens (including phenoxy) is 1. The molecule has 20 heavy (non-hydrogen) atoms. The van der Waals surface area contributed by atoms with Gasteiger partial charge in [-0.15, -0.1) is 0 Å². The lowest BCUT2D eigenvalue weighted by Crippen LogP contribution is -2.28. The first-order valence-electron chi connectivity index (χ1n) is 6.42. The Balaban J connectivity index is 1.80. The van der Waals surface area contributed by atoms with Gasteiger partial charge < -0.3 is 20.7 Å². The molecule has 0 aromatic heterocycles. The van der Waals surface area contributed by atoms with Crippen molar-refractivity contribution in [1.29, 1.82) is 0 Å². The number of halogens is 2. The average molecular weight is 285 g/mol. The number of amides is 1. The van der Waals surface area contributed by atoms with E-state index in [-0.39, 0.29) is 19.1 Å². The van der Waals surface area contributed by atoms with Crippen LogP contribution in [0.25, 0.3) is 0 Å². The summed E-state index contributed by atoms with van der Waals surface area (Å²) < 4.78 is 28.3. The van der Waals surface area contributed by atoms with Gasteiger partial charge in [-0.25, -0.2) is 8.78 Å². The first-order valence-corrected chi connectivity index (χ1v) is 6.42. The molecule has 0 aliphatic carbocycles. The minimum atomic E-state index is -2.48. The Kier molecular flexibility index (Phi) is 5.11. The topological polar surface area (TPSA) is 62.4 Å². The third-order valence-corrected chi connectivity index (χ3v) is 2.81. The van der Waals surface area contributed by atoms with Gasteiger partial charge in [0.05, 0.1) is 18.0 Å². The van der Waals surface area contributed by atoms with Gasteiger partial charge in [0, 0.05) is 25.2 Å². The molecule has 7 heteroatoms. The fourth-order valence-corrected chi connectivity index (χ4v) is 1.89. The van der Waals surface area contributed by atoms with Gasteiger partial charge in [0.2, 0.25) is 0 Å². The fourth-order valence-electron chi connectivity index (χ4n) is 1.89. The monoisotopic (exact) mass is 285 g/mol. The molecule has 0 bridgehead atoms. The highest BCUT2D eigenvalue weighted by Crippen LogP contribution is 2.25. The Labute approximate surface area is 115 Å². The molecule has 0 spiro atoms. The molecular formula is C13H17F2N3O2. The van der Waals surface area contributed by atoms with Crippen LogP contribution in [0.5, 0.6) is 0 Å². The predicted octanol–water partition coefficient (Wildman–Crippen LogP) is 1.54. The van der Waals surface area contributed by atoms with Crippen LogP contribution in [0.1, 0.15) is 10.4 Å². The lowest BCUT2D eigenvalue weighted by atomic mass is 10.1. The summed E-state index contributed by atoms with van der Waals surface area (Å²) in [4.78, 5) is 11.9. The molecule has 1 amide bonds. The van der Waals surface area contributed by atoms with E-state index in [2.05, 4.69) is 20.7 Å². The number of anilines is 2. The maximum atomic E-state index is 11.9. The van der Waals surface area contributed by atoms with E-state index in [1.807, 2.05) is 6.07 Å². The van der Waals surface area contributed by atoms with Crippen molar-refractivity contribution in [3.63, 3.8) is 0 Å². The molecule has 0 saturated heterocycles. The molecule has 1 aliphatic heterocycles. The van der Waals surface area contributed by atoms with Crippen LogP contribution in [0.15, 0.2) is 18.2 Å². The molecular weight excluding hydrogens is 268 g/mol. The first kappa shape index (κ1) is 14.5. The molecule has 1 aromatic rings. The second-order valence-corrected chi connectivity index (χ2v) is 4.34. The van der Waals surface area contributed by atoms with Crippen LogP contribution in [0, 0.1) is 0 Å². The number of benzene rings is 1. The second kappa shape index (κ2) is 7.04. The van der Waals surface area contributed by atoms with Crippen molar-refractivity contribution in [2.24, 2.45) is 0 Å². The van der Waals surface area contributed by atoms with Crippen LogP contribution in [0.3, 0.4) is 0 Å². The van der Waals surface area contributed by atoms with Crippen LogP contribution >= 0.6 is 0 Å². The van der Waals surface area contributed by atoms with Gasteiger partial charge >= 0.3 is 0 Å². The third kappa shape index (κ3) is 4.06. The molecule has 110 valence electrons. The number of alkyl halides is 2. The normalized spacial score (nSPS) is 13.3. The molecule has 0 unspecified atom stereocenters. The number of rotatable bonds is 6. The quantitative estimate of drug-likeness (QED) is 0.694. The SMILES string of the molecule is O=C(NCCOCC(F)F)c1ccc2c(c1)NCCN2. The van der Waals surface area contributed by atoms with Crippen LogP contribution < -0.4 is 16.0 Å². The minimum Gasteiger partial charge on any atom is -0.382 e. The third-order valence-electron chi connectivity index (χ3n) is 2.81. The summed E-state index contributed by atoms with van der Waals surface area (Å²) in [5.41, 5.74) is 2.37. The molecule has 1 aromatic carbocycles. The molecule has 1 aliphatic rings. The summed E-state index contributed by atoms with van der Waals surface area (Å²) in [5.74, 6) is -0.249. The first-order chi connectivity index (χ1) is 9.66. The Morgan fingerprint density at radius 2 is 2.05 bits per heavy atom. The molecule has 5 nitrogen and oxygen atoms in total. The van der Waals surface area contributed by atoms with Crippen molar-refractivity contribution in [3.05, 3.63) is 23.8 Å². The molecule has 0 saturated carbocycles. The zero-order valence-electron chi connectivity index (χ0n) is 10.9. The van der Waals surface area contributed by atoms with E-state index in [1.165, 1.54) is 0 Å². The van der Waals surface area contributed by atoms with Gasteiger partial charge in [-0.05, 0) is 18.2 Å². The van der Waals surface area contributed by atoms with Gasteiger partial charge in [0.1, 0.15) is 6.61 Å². The van der Waals surface area contributed by atoms with Crippen LogP contribution in [0.2, 0.25) is 0 Å². The van der Waals surface area contributed by atoms with Crippen LogP contribution in [0.4, 0.5) is 20.2 Å². The Morgan fingerprint density at radius 1 is 1.30 bits per heavy atom. The number of nitrogens with one attached hydrogen (secondary N) is 3.